The fourth-order valence-electron chi connectivity index (χ4n) is 3.02. The van der Waals surface area contributed by atoms with E-state index in [2.05, 4.69) is 0 Å². The van der Waals surface area contributed by atoms with Crippen LogP contribution in [0.5, 0.6) is 11.5 Å². The summed E-state index contributed by atoms with van der Waals surface area (Å²) < 4.78 is 25.5. The van der Waals surface area contributed by atoms with Crippen molar-refractivity contribution in [3.8, 4) is 11.5 Å². The molecule has 1 heterocycles. The lowest BCUT2D eigenvalue weighted by atomic mass is 9.77. The van der Waals surface area contributed by atoms with Gasteiger partial charge in [0, 0.05) is 23.6 Å². The van der Waals surface area contributed by atoms with Gasteiger partial charge in [-0.25, -0.2) is 4.39 Å². The van der Waals surface area contributed by atoms with Crippen molar-refractivity contribution in [2.24, 2.45) is 5.73 Å². The Morgan fingerprint density at radius 2 is 1.58 bits per heavy atom. The molecule has 3 nitrogen and oxygen atoms in total. The van der Waals surface area contributed by atoms with Gasteiger partial charge in [-0.2, -0.15) is 0 Å². The quantitative estimate of drug-likeness (QED) is 0.848. The van der Waals surface area contributed by atoms with Crippen molar-refractivity contribution in [1.82, 2.24) is 0 Å². The lowest BCUT2D eigenvalue weighted by Crippen LogP contribution is -2.39. The molecule has 0 aromatic heterocycles. The molecule has 0 spiro atoms. The Morgan fingerprint density at radius 1 is 0.947 bits per heavy atom. The van der Waals surface area contributed by atoms with Crippen LogP contribution in [-0.4, -0.2) is 13.2 Å². The molecule has 0 unspecified atom stereocenters. The molecule has 0 saturated heterocycles. The van der Waals surface area contributed by atoms with Gasteiger partial charge >= 0.3 is 0 Å². The number of benzene rings is 1. The average Bonchev–Trinajstić information content (AvgIpc) is 2.63. The molecule has 1 aliphatic carbocycles. The first kappa shape index (κ1) is 12.7. The van der Waals surface area contributed by atoms with E-state index in [0.717, 1.165) is 32.1 Å². The van der Waals surface area contributed by atoms with Crippen molar-refractivity contribution in [3.05, 3.63) is 23.5 Å². The van der Waals surface area contributed by atoms with E-state index in [1.807, 2.05) is 0 Å². The SMILES string of the molecule is NC1(c2cc3c(cc2F)OCCCO3)CCCCC1. The Morgan fingerprint density at radius 3 is 2.26 bits per heavy atom. The molecule has 3 rings (SSSR count). The van der Waals surface area contributed by atoms with Crippen molar-refractivity contribution in [3.63, 3.8) is 0 Å². The molecule has 1 aromatic carbocycles. The van der Waals surface area contributed by atoms with Crippen LogP contribution in [0.15, 0.2) is 12.1 Å². The first-order valence-electron chi connectivity index (χ1n) is 7.08. The van der Waals surface area contributed by atoms with Gasteiger partial charge in [0.15, 0.2) is 11.5 Å². The molecule has 0 radical (unpaired) electrons. The van der Waals surface area contributed by atoms with E-state index in [4.69, 9.17) is 15.2 Å². The summed E-state index contributed by atoms with van der Waals surface area (Å²) in [6.07, 6.45) is 5.80. The standard InChI is InChI=1S/C15H20FNO2/c16-12-10-14-13(18-7-4-8-19-14)9-11(12)15(17)5-2-1-3-6-15/h9-10H,1-8,17H2. The van der Waals surface area contributed by atoms with E-state index < -0.39 is 5.54 Å². The summed E-state index contributed by atoms with van der Waals surface area (Å²) in [5.74, 6) is 0.858. The van der Waals surface area contributed by atoms with E-state index >= 15 is 0 Å². The highest BCUT2D eigenvalue weighted by Gasteiger charge is 2.33. The Kier molecular flexibility index (Phi) is 3.35. The summed E-state index contributed by atoms with van der Waals surface area (Å²) in [5, 5.41) is 0. The number of ether oxygens (including phenoxy) is 2. The Labute approximate surface area is 112 Å². The third kappa shape index (κ3) is 2.41. The Hall–Kier alpha value is -1.29. The summed E-state index contributed by atoms with van der Waals surface area (Å²) in [4.78, 5) is 0. The van der Waals surface area contributed by atoms with Crippen molar-refractivity contribution < 1.29 is 13.9 Å². The molecule has 0 bridgehead atoms. The van der Waals surface area contributed by atoms with E-state index in [0.29, 0.717) is 30.3 Å². The van der Waals surface area contributed by atoms with Gasteiger partial charge in [-0.1, -0.05) is 19.3 Å². The van der Waals surface area contributed by atoms with E-state index in [9.17, 15) is 4.39 Å². The highest BCUT2D eigenvalue weighted by Crippen LogP contribution is 2.41. The van der Waals surface area contributed by atoms with Gasteiger partial charge in [-0.15, -0.1) is 0 Å². The van der Waals surface area contributed by atoms with Crippen LogP contribution in [0, 0.1) is 5.82 Å². The molecule has 1 saturated carbocycles. The molecular formula is C15H20FNO2. The second-order valence-electron chi connectivity index (χ2n) is 5.55. The minimum absolute atomic E-state index is 0.270. The second kappa shape index (κ2) is 5.00. The topological polar surface area (TPSA) is 44.5 Å². The highest BCUT2D eigenvalue weighted by molar-refractivity contribution is 5.46. The minimum Gasteiger partial charge on any atom is -0.490 e. The molecule has 1 fully saturated rings. The molecule has 2 N–H and O–H groups in total. The lowest BCUT2D eigenvalue weighted by molar-refractivity contribution is 0.287. The van der Waals surface area contributed by atoms with Crippen LogP contribution in [0.1, 0.15) is 44.1 Å². The summed E-state index contributed by atoms with van der Waals surface area (Å²) in [7, 11) is 0. The van der Waals surface area contributed by atoms with Crippen LogP contribution in [0.2, 0.25) is 0 Å². The largest absolute Gasteiger partial charge is 0.490 e. The first-order chi connectivity index (χ1) is 9.19. The number of halogens is 1. The third-order valence-electron chi connectivity index (χ3n) is 4.12. The summed E-state index contributed by atoms with van der Waals surface area (Å²) >= 11 is 0. The van der Waals surface area contributed by atoms with Crippen molar-refractivity contribution in [2.45, 2.75) is 44.1 Å². The van der Waals surface area contributed by atoms with Crippen LogP contribution >= 0.6 is 0 Å². The van der Waals surface area contributed by atoms with Gasteiger partial charge in [-0.05, 0) is 18.9 Å². The van der Waals surface area contributed by atoms with Crippen molar-refractivity contribution >= 4 is 0 Å². The molecule has 0 amide bonds. The predicted octanol–water partition coefficient (Wildman–Crippen LogP) is 3.11. The number of fused-ring (bicyclic) bond motifs is 1. The van der Waals surface area contributed by atoms with Gasteiger partial charge in [0.05, 0.1) is 13.2 Å². The van der Waals surface area contributed by atoms with Gasteiger partial charge in [0.25, 0.3) is 0 Å². The molecule has 1 aliphatic heterocycles. The number of hydrogen-bond donors (Lipinski definition) is 1. The summed E-state index contributed by atoms with van der Waals surface area (Å²) in [6, 6.07) is 3.18. The fraction of sp³-hybridized carbons (Fsp3) is 0.600. The van der Waals surface area contributed by atoms with Gasteiger partial charge in [0.1, 0.15) is 5.82 Å². The van der Waals surface area contributed by atoms with Crippen LogP contribution in [0.4, 0.5) is 4.39 Å². The zero-order valence-electron chi connectivity index (χ0n) is 11.1. The van der Waals surface area contributed by atoms with Crippen LogP contribution in [-0.2, 0) is 5.54 Å². The molecule has 104 valence electrons. The second-order valence-corrected chi connectivity index (χ2v) is 5.55. The Bertz CT molecular complexity index is 469. The normalized spacial score (nSPS) is 21.8. The number of nitrogens with two attached hydrogens (primary N) is 1. The molecule has 1 aromatic rings. The summed E-state index contributed by atoms with van der Waals surface area (Å²) in [5.41, 5.74) is 6.45. The number of rotatable bonds is 1. The maximum atomic E-state index is 14.3. The maximum absolute atomic E-state index is 14.3. The third-order valence-corrected chi connectivity index (χ3v) is 4.12. The van der Waals surface area contributed by atoms with E-state index in [-0.39, 0.29) is 5.82 Å². The highest BCUT2D eigenvalue weighted by atomic mass is 19.1. The van der Waals surface area contributed by atoms with Crippen molar-refractivity contribution in [1.29, 1.82) is 0 Å². The number of hydrogen-bond acceptors (Lipinski definition) is 3. The fourth-order valence-corrected chi connectivity index (χ4v) is 3.02. The molecule has 2 aliphatic rings. The van der Waals surface area contributed by atoms with Crippen LogP contribution < -0.4 is 15.2 Å². The molecular weight excluding hydrogens is 245 g/mol. The zero-order chi connectivity index (χ0) is 13.3. The molecule has 0 atom stereocenters. The molecule has 4 heteroatoms. The zero-order valence-corrected chi connectivity index (χ0v) is 11.1. The average molecular weight is 265 g/mol. The monoisotopic (exact) mass is 265 g/mol. The van der Waals surface area contributed by atoms with E-state index in [1.165, 1.54) is 12.5 Å². The lowest BCUT2D eigenvalue weighted by Gasteiger charge is -2.34. The predicted molar refractivity (Wildman–Crippen MR) is 71.0 cm³/mol. The van der Waals surface area contributed by atoms with Crippen LogP contribution in [0.25, 0.3) is 0 Å². The van der Waals surface area contributed by atoms with Gasteiger partial charge in [-0.3, -0.25) is 0 Å². The summed E-state index contributed by atoms with van der Waals surface area (Å²) in [6.45, 7) is 1.18. The van der Waals surface area contributed by atoms with Crippen molar-refractivity contribution in [2.75, 3.05) is 13.2 Å². The van der Waals surface area contributed by atoms with Crippen LogP contribution in [0.3, 0.4) is 0 Å². The van der Waals surface area contributed by atoms with E-state index in [1.54, 1.807) is 6.07 Å². The first-order valence-corrected chi connectivity index (χ1v) is 7.08. The molecule has 19 heavy (non-hydrogen) atoms. The van der Waals surface area contributed by atoms with Gasteiger partial charge < -0.3 is 15.2 Å². The van der Waals surface area contributed by atoms with Gasteiger partial charge in [0.2, 0.25) is 0 Å². The minimum atomic E-state index is -0.549. The maximum Gasteiger partial charge on any atom is 0.164 e. The Balaban J connectivity index is 1.99. The smallest absolute Gasteiger partial charge is 0.164 e.